The highest BCUT2D eigenvalue weighted by Crippen LogP contribution is 2.36. The first-order valence-electron chi connectivity index (χ1n) is 6.23. The minimum absolute atomic E-state index is 0.488. The van der Waals surface area contributed by atoms with Crippen LogP contribution in [0.4, 0.5) is 0 Å². The molecular formula is C13H19NO3. The van der Waals surface area contributed by atoms with Gasteiger partial charge in [0.15, 0.2) is 0 Å². The fourth-order valence-corrected chi connectivity index (χ4v) is 2.19. The minimum Gasteiger partial charge on any atom is -0.493 e. The summed E-state index contributed by atoms with van der Waals surface area (Å²) < 4.78 is 11.0. The zero-order chi connectivity index (χ0) is 12.3. The molecule has 1 N–H and O–H groups in total. The van der Waals surface area contributed by atoms with Gasteiger partial charge in [-0.15, -0.1) is 0 Å². The van der Waals surface area contributed by atoms with E-state index in [2.05, 4.69) is 4.98 Å². The van der Waals surface area contributed by atoms with Crippen molar-refractivity contribution in [3.63, 3.8) is 0 Å². The zero-order valence-corrected chi connectivity index (χ0v) is 10.4. The lowest BCUT2D eigenvalue weighted by atomic mass is 9.93. The molecule has 1 unspecified atom stereocenters. The van der Waals surface area contributed by atoms with Crippen LogP contribution in [0.5, 0.6) is 11.6 Å². The molecule has 1 aromatic heterocycles. The number of aliphatic hydroxyl groups excluding tert-OH is 1. The maximum atomic E-state index is 9.97. The van der Waals surface area contributed by atoms with E-state index in [0.717, 1.165) is 36.3 Å². The van der Waals surface area contributed by atoms with Crippen LogP contribution in [0.15, 0.2) is 6.07 Å². The van der Waals surface area contributed by atoms with E-state index in [4.69, 9.17) is 9.47 Å². The Kier molecular flexibility index (Phi) is 3.84. The predicted octanol–water partition coefficient (Wildman–Crippen LogP) is 2.25. The van der Waals surface area contributed by atoms with E-state index in [-0.39, 0.29) is 0 Å². The van der Waals surface area contributed by atoms with Crippen LogP contribution in [0.2, 0.25) is 0 Å². The summed E-state index contributed by atoms with van der Waals surface area (Å²) in [5.74, 6) is 1.34. The lowest BCUT2D eigenvalue weighted by Gasteiger charge is -2.23. The first-order valence-corrected chi connectivity index (χ1v) is 6.23. The maximum Gasteiger partial charge on any atom is 0.217 e. The summed E-state index contributed by atoms with van der Waals surface area (Å²) in [5, 5.41) is 9.97. The van der Waals surface area contributed by atoms with Crippen molar-refractivity contribution in [2.75, 3.05) is 13.2 Å². The summed E-state index contributed by atoms with van der Waals surface area (Å²) in [5.41, 5.74) is 1.76. The largest absolute Gasteiger partial charge is 0.493 e. The number of pyridine rings is 1. The number of aliphatic hydroxyl groups is 1. The van der Waals surface area contributed by atoms with Gasteiger partial charge >= 0.3 is 0 Å². The minimum atomic E-state index is -0.488. The molecule has 0 radical (unpaired) electrons. The molecule has 1 atom stereocenters. The van der Waals surface area contributed by atoms with E-state index in [1.54, 1.807) is 0 Å². The molecule has 0 spiro atoms. The van der Waals surface area contributed by atoms with Gasteiger partial charge in [-0.25, -0.2) is 4.98 Å². The van der Waals surface area contributed by atoms with E-state index < -0.39 is 6.10 Å². The fourth-order valence-electron chi connectivity index (χ4n) is 2.19. The van der Waals surface area contributed by atoms with Crippen LogP contribution in [0.3, 0.4) is 0 Å². The van der Waals surface area contributed by atoms with Crippen molar-refractivity contribution in [2.45, 2.75) is 39.2 Å². The molecule has 1 aromatic rings. The Balaban J connectivity index is 2.42. The molecule has 1 aliphatic carbocycles. The molecule has 0 aromatic carbocycles. The molecule has 0 bridgehead atoms. The molecule has 0 saturated carbocycles. The third-order valence-electron chi connectivity index (χ3n) is 2.90. The lowest BCUT2D eigenvalue weighted by Crippen LogP contribution is -2.14. The lowest BCUT2D eigenvalue weighted by molar-refractivity contribution is 0.148. The predicted molar refractivity (Wildman–Crippen MR) is 64.5 cm³/mol. The van der Waals surface area contributed by atoms with Crippen molar-refractivity contribution in [1.82, 2.24) is 4.98 Å². The molecule has 1 aliphatic rings. The SMILES string of the molecule is CCOc1cc(OCC)c2c(n1)C(O)CCC2. The van der Waals surface area contributed by atoms with Crippen LogP contribution in [0.1, 0.15) is 44.1 Å². The summed E-state index contributed by atoms with van der Waals surface area (Å²) in [6.45, 7) is 5.04. The second kappa shape index (κ2) is 5.36. The quantitative estimate of drug-likeness (QED) is 0.872. The van der Waals surface area contributed by atoms with Gasteiger partial charge in [0.05, 0.1) is 25.0 Å². The monoisotopic (exact) mass is 237 g/mol. The average Bonchev–Trinajstić information content (AvgIpc) is 2.31. The van der Waals surface area contributed by atoms with E-state index >= 15 is 0 Å². The molecule has 0 amide bonds. The highest BCUT2D eigenvalue weighted by Gasteiger charge is 2.24. The number of nitrogens with zero attached hydrogens (tertiary/aromatic N) is 1. The number of ether oxygens (including phenoxy) is 2. The van der Waals surface area contributed by atoms with Gasteiger partial charge in [0.1, 0.15) is 5.75 Å². The Hall–Kier alpha value is -1.29. The van der Waals surface area contributed by atoms with Crippen molar-refractivity contribution >= 4 is 0 Å². The standard InChI is InChI=1S/C13H19NO3/c1-3-16-11-8-12(17-4-2)14-13-9(11)6-5-7-10(13)15/h8,10,15H,3-7H2,1-2H3. The molecule has 1 heterocycles. The Morgan fingerprint density at radius 2 is 2.12 bits per heavy atom. The third kappa shape index (κ3) is 2.52. The Morgan fingerprint density at radius 3 is 2.82 bits per heavy atom. The van der Waals surface area contributed by atoms with Gasteiger partial charge < -0.3 is 14.6 Å². The van der Waals surface area contributed by atoms with Gasteiger partial charge in [-0.2, -0.15) is 0 Å². The first kappa shape index (κ1) is 12.2. The van der Waals surface area contributed by atoms with E-state index in [9.17, 15) is 5.11 Å². The van der Waals surface area contributed by atoms with Crippen LogP contribution in [-0.2, 0) is 6.42 Å². The summed E-state index contributed by atoms with van der Waals surface area (Å²) >= 11 is 0. The topological polar surface area (TPSA) is 51.6 Å². The molecule has 4 nitrogen and oxygen atoms in total. The van der Waals surface area contributed by atoms with Crippen molar-refractivity contribution in [3.05, 3.63) is 17.3 Å². The van der Waals surface area contributed by atoms with E-state index in [0.29, 0.717) is 19.1 Å². The van der Waals surface area contributed by atoms with Crippen LogP contribution in [0.25, 0.3) is 0 Å². The summed E-state index contributed by atoms with van der Waals surface area (Å²) in [4.78, 5) is 4.37. The van der Waals surface area contributed by atoms with Gasteiger partial charge in [-0.3, -0.25) is 0 Å². The van der Waals surface area contributed by atoms with Crippen molar-refractivity contribution in [1.29, 1.82) is 0 Å². The zero-order valence-electron chi connectivity index (χ0n) is 10.4. The van der Waals surface area contributed by atoms with E-state index in [1.165, 1.54) is 0 Å². The smallest absolute Gasteiger partial charge is 0.217 e. The van der Waals surface area contributed by atoms with Crippen molar-refractivity contribution < 1.29 is 14.6 Å². The second-order valence-corrected chi connectivity index (χ2v) is 4.10. The number of fused-ring (bicyclic) bond motifs is 1. The van der Waals surface area contributed by atoms with Crippen LogP contribution in [-0.4, -0.2) is 23.3 Å². The fraction of sp³-hybridized carbons (Fsp3) is 0.615. The van der Waals surface area contributed by atoms with Gasteiger partial charge in [0, 0.05) is 11.6 Å². The molecule has 0 fully saturated rings. The van der Waals surface area contributed by atoms with Crippen molar-refractivity contribution in [2.24, 2.45) is 0 Å². The van der Waals surface area contributed by atoms with Crippen molar-refractivity contribution in [3.8, 4) is 11.6 Å². The molecule has 17 heavy (non-hydrogen) atoms. The maximum absolute atomic E-state index is 9.97. The Bertz CT molecular complexity index is 392. The summed E-state index contributed by atoms with van der Waals surface area (Å²) in [7, 11) is 0. The third-order valence-corrected chi connectivity index (χ3v) is 2.90. The molecule has 0 saturated heterocycles. The second-order valence-electron chi connectivity index (χ2n) is 4.10. The number of hydrogen-bond donors (Lipinski definition) is 1. The average molecular weight is 237 g/mol. The van der Waals surface area contributed by atoms with E-state index in [1.807, 2.05) is 19.9 Å². The summed E-state index contributed by atoms with van der Waals surface area (Å²) in [6, 6.07) is 1.82. The van der Waals surface area contributed by atoms with Gasteiger partial charge in [-0.05, 0) is 33.1 Å². The Morgan fingerprint density at radius 1 is 1.35 bits per heavy atom. The number of rotatable bonds is 4. The van der Waals surface area contributed by atoms with Gasteiger partial charge in [0.25, 0.3) is 0 Å². The Labute approximate surface area is 102 Å². The first-order chi connectivity index (χ1) is 8.26. The number of aromatic nitrogens is 1. The summed E-state index contributed by atoms with van der Waals surface area (Å²) in [6.07, 6.45) is 2.17. The number of hydrogen-bond acceptors (Lipinski definition) is 4. The highest BCUT2D eigenvalue weighted by atomic mass is 16.5. The normalized spacial score (nSPS) is 18.6. The molecule has 0 aliphatic heterocycles. The van der Waals surface area contributed by atoms with Crippen LogP contribution in [0, 0.1) is 0 Å². The molecule has 4 heteroatoms. The van der Waals surface area contributed by atoms with Gasteiger partial charge in [0.2, 0.25) is 5.88 Å². The van der Waals surface area contributed by atoms with Crippen LogP contribution < -0.4 is 9.47 Å². The molecule has 2 rings (SSSR count). The molecule has 94 valence electrons. The van der Waals surface area contributed by atoms with Gasteiger partial charge in [-0.1, -0.05) is 0 Å². The molecular weight excluding hydrogens is 218 g/mol. The van der Waals surface area contributed by atoms with Crippen LogP contribution >= 0.6 is 0 Å². The highest BCUT2D eigenvalue weighted by molar-refractivity contribution is 5.42.